The first-order valence-corrected chi connectivity index (χ1v) is 8.50. The Bertz CT molecular complexity index is 1130. The van der Waals surface area contributed by atoms with Crippen LogP contribution in [0.4, 0.5) is 0 Å². The average molecular weight is 385 g/mol. The van der Waals surface area contributed by atoms with Crippen molar-refractivity contribution in [3.05, 3.63) is 52.4 Å². The summed E-state index contributed by atoms with van der Waals surface area (Å²) in [6.45, 7) is 2.81. The average Bonchev–Trinajstić information content (AvgIpc) is 3.05. The molecule has 3 rings (SSSR count). The van der Waals surface area contributed by atoms with Gasteiger partial charge in [-0.25, -0.2) is 4.68 Å². The third-order valence-electron chi connectivity index (χ3n) is 4.28. The maximum Gasteiger partial charge on any atom is 0.322 e. The number of phenols is 1. The molecule has 2 heterocycles. The van der Waals surface area contributed by atoms with Crippen molar-refractivity contribution in [2.75, 3.05) is 6.54 Å². The summed E-state index contributed by atoms with van der Waals surface area (Å²) in [5, 5.41) is 31.1. The topological polar surface area (TPSA) is 133 Å². The monoisotopic (exact) mass is 385 g/mol. The molecular formula is C19H19N3O6. The van der Waals surface area contributed by atoms with E-state index in [1.54, 1.807) is 38.2 Å². The van der Waals surface area contributed by atoms with Crippen LogP contribution >= 0.6 is 0 Å². The highest BCUT2D eigenvalue weighted by atomic mass is 16.4. The van der Waals surface area contributed by atoms with Gasteiger partial charge in [0.1, 0.15) is 23.4 Å². The summed E-state index contributed by atoms with van der Waals surface area (Å²) in [5.74, 6) is -2.72. The molecule has 0 unspecified atom stereocenters. The van der Waals surface area contributed by atoms with Gasteiger partial charge in [0.2, 0.25) is 0 Å². The predicted octanol–water partition coefficient (Wildman–Crippen LogP) is 1.57. The van der Waals surface area contributed by atoms with Crippen LogP contribution in [-0.2, 0) is 4.79 Å². The molecule has 0 aliphatic rings. The van der Waals surface area contributed by atoms with Crippen molar-refractivity contribution < 1.29 is 24.9 Å². The van der Waals surface area contributed by atoms with Crippen molar-refractivity contribution in [3.63, 3.8) is 0 Å². The van der Waals surface area contributed by atoms with Crippen LogP contribution in [0.5, 0.6) is 11.5 Å². The van der Waals surface area contributed by atoms with E-state index in [-0.39, 0.29) is 17.3 Å². The summed E-state index contributed by atoms with van der Waals surface area (Å²) >= 11 is 0. The Morgan fingerprint density at radius 2 is 1.75 bits per heavy atom. The number of amides is 1. The van der Waals surface area contributed by atoms with E-state index in [1.165, 1.54) is 21.3 Å². The van der Waals surface area contributed by atoms with Crippen LogP contribution in [0.2, 0.25) is 0 Å². The standard InChI is InChI=1S/C19H19N3O6/c1-10(2)22-19(28)15(18(27)20-9-14(24)25)17(26)16-13(7-8-21(16)22)11-3-5-12(23)6-4-11/h3-8,10,23,26H,9H2,1-2H3,(H,20,27)(H,24,25). The lowest BCUT2D eigenvalue weighted by molar-refractivity contribution is -0.135. The number of phenolic OH excluding ortho intramolecular Hbond substituents is 1. The van der Waals surface area contributed by atoms with E-state index in [9.17, 15) is 24.6 Å². The fourth-order valence-corrected chi connectivity index (χ4v) is 3.08. The number of hydrogen-bond donors (Lipinski definition) is 4. The number of carbonyl (C=O) groups is 2. The Balaban J connectivity index is 2.31. The molecule has 2 aromatic heterocycles. The zero-order valence-electron chi connectivity index (χ0n) is 15.2. The fourth-order valence-electron chi connectivity index (χ4n) is 3.08. The lowest BCUT2D eigenvalue weighted by Crippen LogP contribution is -2.38. The van der Waals surface area contributed by atoms with E-state index in [2.05, 4.69) is 5.32 Å². The van der Waals surface area contributed by atoms with Crippen molar-refractivity contribution in [3.8, 4) is 22.6 Å². The first-order chi connectivity index (χ1) is 13.2. The van der Waals surface area contributed by atoms with E-state index in [1.807, 2.05) is 0 Å². The Kier molecular flexibility index (Phi) is 4.83. The van der Waals surface area contributed by atoms with E-state index in [0.717, 1.165) is 0 Å². The third kappa shape index (κ3) is 3.18. The van der Waals surface area contributed by atoms with Gasteiger partial charge in [0, 0.05) is 17.8 Å². The van der Waals surface area contributed by atoms with E-state index in [0.29, 0.717) is 11.1 Å². The number of aromatic nitrogens is 2. The number of aromatic hydroxyl groups is 2. The van der Waals surface area contributed by atoms with Gasteiger partial charge in [-0.1, -0.05) is 12.1 Å². The van der Waals surface area contributed by atoms with Crippen LogP contribution in [-0.4, -0.2) is 42.9 Å². The number of benzene rings is 1. The summed E-state index contributed by atoms with van der Waals surface area (Å²) < 4.78 is 2.76. The van der Waals surface area contributed by atoms with Gasteiger partial charge in [-0.15, -0.1) is 0 Å². The van der Waals surface area contributed by atoms with Crippen LogP contribution in [0.3, 0.4) is 0 Å². The van der Waals surface area contributed by atoms with Crippen LogP contribution in [0, 0.1) is 0 Å². The Labute approximate surface area is 159 Å². The number of nitrogens with zero attached hydrogens (tertiary/aromatic N) is 2. The van der Waals surface area contributed by atoms with Crippen LogP contribution in [0.25, 0.3) is 16.6 Å². The second kappa shape index (κ2) is 7.10. The highest BCUT2D eigenvalue weighted by molar-refractivity contribution is 6.01. The quantitative estimate of drug-likeness (QED) is 0.527. The number of aliphatic carboxylic acids is 1. The SMILES string of the molecule is CC(C)n1c(=O)c(C(=O)NCC(=O)O)c(O)c2c(-c3ccc(O)cc3)ccn21. The number of fused-ring (bicyclic) bond motifs is 1. The Morgan fingerprint density at radius 3 is 2.32 bits per heavy atom. The molecule has 28 heavy (non-hydrogen) atoms. The number of carbonyl (C=O) groups excluding carboxylic acids is 1. The molecule has 0 aliphatic heterocycles. The number of carboxylic acid groups (broad SMARTS) is 1. The number of nitrogens with one attached hydrogen (secondary N) is 1. The van der Waals surface area contributed by atoms with Crippen molar-refractivity contribution >= 4 is 17.4 Å². The van der Waals surface area contributed by atoms with Crippen molar-refractivity contribution in [1.29, 1.82) is 0 Å². The molecule has 9 heteroatoms. The molecular weight excluding hydrogens is 366 g/mol. The van der Waals surface area contributed by atoms with Crippen LogP contribution in [0.15, 0.2) is 41.3 Å². The minimum Gasteiger partial charge on any atom is -0.508 e. The molecule has 3 aromatic rings. The zero-order chi connectivity index (χ0) is 20.6. The minimum absolute atomic E-state index is 0.0734. The highest BCUT2D eigenvalue weighted by Gasteiger charge is 2.25. The Hall–Kier alpha value is -3.75. The number of hydrogen-bond acceptors (Lipinski definition) is 5. The van der Waals surface area contributed by atoms with Gasteiger partial charge in [0.15, 0.2) is 5.75 Å². The molecule has 4 N–H and O–H groups in total. The molecule has 0 bridgehead atoms. The van der Waals surface area contributed by atoms with Crippen LogP contribution < -0.4 is 10.9 Å². The van der Waals surface area contributed by atoms with Gasteiger partial charge >= 0.3 is 5.97 Å². The smallest absolute Gasteiger partial charge is 0.322 e. The molecule has 0 aliphatic carbocycles. The van der Waals surface area contributed by atoms with Gasteiger partial charge in [-0.2, -0.15) is 0 Å². The molecule has 0 saturated carbocycles. The van der Waals surface area contributed by atoms with E-state index >= 15 is 0 Å². The van der Waals surface area contributed by atoms with E-state index < -0.39 is 35.3 Å². The molecule has 0 spiro atoms. The minimum atomic E-state index is -1.27. The van der Waals surface area contributed by atoms with Gasteiger partial charge < -0.3 is 20.6 Å². The summed E-state index contributed by atoms with van der Waals surface area (Å²) in [4.78, 5) is 36.0. The second-order valence-corrected chi connectivity index (χ2v) is 6.51. The largest absolute Gasteiger partial charge is 0.508 e. The maximum atomic E-state index is 12.9. The molecule has 1 aromatic carbocycles. The highest BCUT2D eigenvalue weighted by Crippen LogP contribution is 2.34. The van der Waals surface area contributed by atoms with Crippen molar-refractivity contribution in [2.45, 2.75) is 19.9 Å². The summed E-state index contributed by atoms with van der Waals surface area (Å²) in [6.07, 6.45) is 1.59. The fraction of sp³-hybridized carbons (Fsp3) is 0.211. The van der Waals surface area contributed by atoms with Crippen molar-refractivity contribution in [1.82, 2.24) is 14.5 Å². The first kappa shape index (κ1) is 19.0. The molecule has 0 fully saturated rings. The third-order valence-corrected chi connectivity index (χ3v) is 4.28. The van der Waals surface area contributed by atoms with Gasteiger partial charge in [0.05, 0.1) is 0 Å². The maximum absolute atomic E-state index is 12.9. The van der Waals surface area contributed by atoms with Crippen LogP contribution in [0.1, 0.15) is 30.2 Å². The number of rotatable bonds is 5. The molecule has 9 nitrogen and oxygen atoms in total. The molecule has 0 atom stereocenters. The molecule has 0 radical (unpaired) electrons. The summed E-state index contributed by atoms with van der Waals surface area (Å²) in [7, 11) is 0. The zero-order valence-corrected chi connectivity index (χ0v) is 15.2. The summed E-state index contributed by atoms with van der Waals surface area (Å²) in [6, 6.07) is 7.57. The first-order valence-electron chi connectivity index (χ1n) is 8.50. The van der Waals surface area contributed by atoms with Crippen molar-refractivity contribution in [2.24, 2.45) is 0 Å². The second-order valence-electron chi connectivity index (χ2n) is 6.51. The van der Waals surface area contributed by atoms with Gasteiger partial charge in [0.25, 0.3) is 11.5 Å². The Morgan fingerprint density at radius 1 is 1.11 bits per heavy atom. The lowest BCUT2D eigenvalue weighted by Gasteiger charge is -2.17. The molecule has 1 amide bonds. The predicted molar refractivity (Wildman–Crippen MR) is 101 cm³/mol. The van der Waals surface area contributed by atoms with Gasteiger partial charge in [-0.05, 0) is 37.6 Å². The number of carboxylic acids is 1. The van der Waals surface area contributed by atoms with E-state index in [4.69, 9.17) is 5.11 Å². The lowest BCUT2D eigenvalue weighted by atomic mass is 10.1. The van der Waals surface area contributed by atoms with Gasteiger partial charge in [-0.3, -0.25) is 18.9 Å². The summed E-state index contributed by atoms with van der Waals surface area (Å²) in [5.41, 5.74) is 0.150. The molecule has 146 valence electrons. The molecule has 0 saturated heterocycles. The normalized spacial score (nSPS) is 11.1.